The first-order valence-electron chi connectivity index (χ1n) is 6.73. The lowest BCUT2D eigenvalue weighted by molar-refractivity contribution is -0.150. The quantitative estimate of drug-likeness (QED) is 0.801. The van der Waals surface area contributed by atoms with E-state index in [0.29, 0.717) is 0 Å². The van der Waals surface area contributed by atoms with Crippen molar-refractivity contribution in [2.45, 2.75) is 30.0 Å². The zero-order valence-corrected chi connectivity index (χ0v) is 13.3. The lowest BCUT2D eigenvalue weighted by Gasteiger charge is -2.49. The lowest BCUT2D eigenvalue weighted by Crippen LogP contribution is -2.70. The summed E-state index contributed by atoms with van der Waals surface area (Å²) in [6, 6.07) is 3.08. The van der Waals surface area contributed by atoms with Crippen LogP contribution in [0.15, 0.2) is 29.3 Å². The molecule has 0 spiro atoms. The van der Waals surface area contributed by atoms with Gasteiger partial charge in [0, 0.05) is 10.1 Å². The molecule has 1 aromatic rings. The molecule has 0 aliphatic carbocycles. The maximum Gasteiger partial charge on any atom is 0.352 e. The lowest BCUT2D eigenvalue weighted by atomic mass is 10.0. The van der Waals surface area contributed by atoms with Crippen LogP contribution in [-0.4, -0.2) is 44.5 Å². The van der Waals surface area contributed by atoms with Crippen LogP contribution < -0.4 is 5.32 Å². The Kier molecular flexibility index (Phi) is 3.96. The number of carbonyl (C=O) groups excluding carboxylic acids is 2. The fourth-order valence-corrected chi connectivity index (χ4v) is 4.56. The Bertz CT molecular complexity index is 656. The minimum atomic E-state index is -1.12. The van der Waals surface area contributed by atoms with Crippen molar-refractivity contribution < 1.29 is 19.5 Å². The van der Waals surface area contributed by atoms with Crippen molar-refractivity contribution in [3.8, 4) is 0 Å². The van der Waals surface area contributed by atoms with E-state index in [1.165, 1.54) is 28.0 Å². The Labute approximate surface area is 135 Å². The molecule has 6 nitrogen and oxygen atoms in total. The Hall–Kier alpha value is -1.80. The second-order valence-electron chi connectivity index (χ2n) is 5.10. The van der Waals surface area contributed by atoms with Crippen LogP contribution in [-0.2, 0) is 20.8 Å². The molecule has 3 rings (SSSR count). The van der Waals surface area contributed by atoms with Gasteiger partial charge < -0.3 is 10.4 Å². The third kappa shape index (κ3) is 2.64. The molecule has 3 atom stereocenters. The molecule has 1 fully saturated rings. The number of carboxylic acids is 1. The summed E-state index contributed by atoms with van der Waals surface area (Å²) in [7, 11) is 0. The number of hydrogen-bond donors (Lipinski definition) is 2. The first kappa shape index (κ1) is 15.1. The number of nitrogens with one attached hydrogen (secondary N) is 1. The highest BCUT2D eigenvalue weighted by Crippen LogP contribution is 2.40. The highest BCUT2D eigenvalue weighted by atomic mass is 32.2. The molecule has 1 saturated heterocycles. The minimum absolute atomic E-state index is 0.00463. The van der Waals surface area contributed by atoms with E-state index in [0.717, 1.165) is 4.88 Å². The number of aliphatic carboxylic acids is 1. The maximum absolute atomic E-state index is 12.2. The van der Waals surface area contributed by atoms with E-state index in [1.54, 1.807) is 6.08 Å². The van der Waals surface area contributed by atoms with Crippen molar-refractivity contribution in [2.24, 2.45) is 0 Å². The largest absolute Gasteiger partial charge is 0.477 e. The van der Waals surface area contributed by atoms with E-state index in [1.807, 2.05) is 24.4 Å². The topological polar surface area (TPSA) is 86.7 Å². The average molecular weight is 338 g/mol. The van der Waals surface area contributed by atoms with Gasteiger partial charge >= 0.3 is 5.97 Å². The van der Waals surface area contributed by atoms with Crippen LogP contribution in [0.1, 0.15) is 11.8 Å². The van der Waals surface area contributed by atoms with Crippen LogP contribution in [0.4, 0.5) is 0 Å². The van der Waals surface area contributed by atoms with Gasteiger partial charge in [-0.05, 0) is 24.4 Å². The molecule has 1 aromatic heterocycles. The molecule has 3 heterocycles. The first-order chi connectivity index (χ1) is 10.5. The van der Waals surface area contributed by atoms with E-state index >= 15 is 0 Å². The van der Waals surface area contributed by atoms with Crippen molar-refractivity contribution in [2.75, 3.05) is 0 Å². The van der Waals surface area contributed by atoms with E-state index in [2.05, 4.69) is 5.32 Å². The summed E-state index contributed by atoms with van der Waals surface area (Å²) in [4.78, 5) is 37.6. The molecule has 2 amide bonds. The van der Waals surface area contributed by atoms with Gasteiger partial charge in [-0.1, -0.05) is 6.07 Å². The van der Waals surface area contributed by atoms with Gasteiger partial charge in [-0.2, -0.15) is 0 Å². The molecule has 2 aliphatic rings. The van der Waals surface area contributed by atoms with E-state index in [4.69, 9.17) is 0 Å². The molecule has 2 N–H and O–H groups in total. The fourth-order valence-electron chi connectivity index (χ4n) is 2.52. The predicted molar refractivity (Wildman–Crippen MR) is 83.4 cm³/mol. The predicted octanol–water partition coefficient (Wildman–Crippen LogP) is 1.05. The molecule has 22 heavy (non-hydrogen) atoms. The van der Waals surface area contributed by atoms with Crippen LogP contribution in [0, 0.1) is 0 Å². The number of β-lactam (4-membered cyclic amide) rings is 1. The summed E-state index contributed by atoms with van der Waals surface area (Å²) in [5.74, 6) is -1.70. The van der Waals surface area contributed by atoms with E-state index in [9.17, 15) is 19.5 Å². The van der Waals surface area contributed by atoms with E-state index < -0.39 is 12.0 Å². The summed E-state index contributed by atoms with van der Waals surface area (Å²) in [5, 5.41) is 13.4. The number of nitrogens with zero attached hydrogens (tertiary/aromatic N) is 1. The zero-order chi connectivity index (χ0) is 15.9. The standard InChI is InChI=1S/C14H14N2O4S2/c1-7-5-9(14(19)20)16-12(18)11(13(16)22-7)15-10(17)6-8-3-2-4-21-8/h2-5,7,11,13H,6H2,1H3,(H,15,17)(H,19,20)/t7?,11?,13-/m0/s1. The zero-order valence-electron chi connectivity index (χ0n) is 11.7. The Balaban J connectivity index is 1.68. The van der Waals surface area contributed by atoms with Crippen molar-refractivity contribution in [3.05, 3.63) is 34.2 Å². The van der Waals surface area contributed by atoms with Gasteiger partial charge in [-0.3, -0.25) is 14.5 Å². The Morgan fingerprint density at radius 1 is 1.45 bits per heavy atom. The molecule has 116 valence electrons. The number of thioether (sulfide) groups is 1. The van der Waals surface area contributed by atoms with Crippen molar-refractivity contribution in [3.63, 3.8) is 0 Å². The summed E-state index contributed by atoms with van der Waals surface area (Å²) in [6.07, 6.45) is 1.79. The summed E-state index contributed by atoms with van der Waals surface area (Å²) in [5.41, 5.74) is 0.00463. The highest BCUT2D eigenvalue weighted by molar-refractivity contribution is 8.00. The number of carboxylic acid groups (broad SMARTS) is 1. The van der Waals surface area contributed by atoms with Crippen LogP contribution in [0.25, 0.3) is 0 Å². The maximum atomic E-state index is 12.2. The first-order valence-corrected chi connectivity index (χ1v) is 8.55. The molecule has 8 heteroatoms. The molecule has 0 radical (unpaired) electrons. The number of amides is 2. The average Bonchev–Trinajstić information content (AvgIpc) is 2.96. The van der Waals surface area contributed by atoms with Gasteiger partial charge in [0.1, 0.15) is 17.1 Å². The van der Waals surface area contributed by atoms with Gasteiger partial charge in [-0.25, -0.2) is 4.79 Å². The molecular formula is C14H14N2O4S2. The van der Waals surface area contributed by atoms with Crippen LogP contribution in [0.3, 0.4) is 0 Å². The second-order valence-corrected chi connectivity index (χ2v) is 7.63. The van der Waals surface area contributed by atoms with Gasteiger partial charge in [0.05, 0.1) is 6.42 Å². The van der Waals surface area contributed by atoms with Gasteiger partial charge in [0.15, 0.2) is 0 Å². The molecular weight excluding hydrogens is 324 g/mol. The van der Waals surface area contributed by atoms with Crippen molar-refractivity contribution >= 4 is 40.9 Å². The minimum Gasteiger partial charge on any atom is -0.477 e. The molecule has 0 saturated carbocycles. The molecule has 2 aliphatic heterocycles. The van der Waals surface area contributed by atoms with Gasteiger partial charge in [-0.15, -0.1) is 23.1 Å². The molecule has 0 aromatic carbocycles. The number of rotatable bonds is 4. The number of hydrogen-bond acceptors (Lipinski definition) is 5. The Morgan fingerprint density at radius 2 is 2.23 bits per heavy atom. The smallest absolute Gasteiger partial charge is 0.352 e. The monoisotopic (exact) mass is 338 g/mol. The summed E-state index contributed by atoms with van der Waals surface area (Å²) in [6.45, 7) is 1.87. The summed E-state index contributed by atoms with van der Waals surface area (Å²) < 4.78 is 0. The molecule has 0 bridgehead atoms. The molecule has 2 unspecified atom stereocenters. The van der Waals surface area contributed by atoms with Gasteiger partial charge in [0.25, 0.3) is 5.91 Å². The van der Waals surface area contributed by atoms with E-state index in [-0.39, 0.29) is 34.6 Å². The fraction of sp³-hybridized carbons (Fsp3) is 0.357. The highest BCUT2D eigenvalue weighted by Gasteiger charge is 2.53. The summed E-state index contributed by atoms with van der Waals surface area (Å²) >= 11 is 2.96. The van der Waals surface area contributed by atoms with Crippen LogP contribution in [0.2, 0.25) is 0 Å². The number of carbonyl (C=O) groups is 3. The third-order valence-corrected chi connectivity index (χ3v) is 5.70. The van der Waals surface area contributed by atoms with Gasteiger partial charge in [0.2, 0.25) is 5.91 Å². The third-order valence-electron chi connectivity index (χ3n) is 3.50. The number of fused-ring (bicyclic) bond motifs is 1. The van der Waals surface area contributed by atoms with Crippen LogP contribution >= 0.6 is 23.1 Å². The Morgan fingerprint density at radius 3 is 2.86 bits per heavy atom. The van der Waals surface area contributed by atoms with Crippen molar-refractivity contribution in [1.29, 1.82) is 0 Å². The number of thiophene rings is 1. The van der Waals surface area contributed by atoms with Crippen molar-refractivity contribution in [1.82, 2.24) is 10.2 Å². The second kappa shape index (κ2) is 5.77. The SMILES string of the molecule is CC1C=C(C(=O)O)N2C(=O)C(NC(=O)Cc3cccs3)[C@@H]2S1. The normalized spacial score (nSPS) is 26.8. The van der Waals surface area contributed by atoms with Crippen LogP contribution in [0.5, 0.6) is 0 Å².